The fourth-order valence-electron chi connectivity index (χ4n) is 2.21. The smallest absolute Gasteiger partial charge is 0.308 e. The molecule has 0 radical (unpaired) electrons. The number of carbonyl (C=O) groups is 3. The molecule has 0 aromatic heterocycles. The number of piperidine rings is 1. The molecule has 1 fully saturated rings. The molecule has 1 saturated heterocycles. The second-order valence-corrected chi connectivity index (χ2v) is 5.31. The fraction of sp³-hybridized carbons (Fsp3) is 0.786. The van der Waals surface area contributed by atoms with Crippen molar-refractivity contribution in [2.24, 2.45) is 5.92 Å². The molecule has 8 heteroatoms. The molecule has 0 aliphatic carbocycles. The largest absolute Gasteiger partial charge is 0.481 e. The number of ether oxygens (including phenoxy) is 2. The molecule has 0 aromatic carbocycles. The first-order valence-electron chi connectivity index (χ1n) is 7.27. The van der Waals surface area contributed by atoms with Gasteiger partial charge in [0.15, 0.2) is 0 Å². The second-order valence-electron chi connectivity index (χ2n) is 5.31. The Labute approximate surface area is 130 Å². The average molecular weight is 316 g/mol. The summed E-state index contributed by atoms with van der Waals surface area (Å²) in [4.78, 5) is 37.7. The highest BCUT2D eigenvalue weighted by Crippen LogP contribution is 2.16. The lowest BCUT2D eigenvalue weighted by molar-refractivity contribution is -0.148. The highest BCUT2D eigenvalue weighted by Gasteiger charge is 2.28. The molecule has 1 N–H and O–H groups in total. The van der Waals surface area contributed by atoms with Crippen LogP contribution in [0.5, 0.6) is 0 Å². The molecular formula is C14H24N2O6. The van der Waals surface area contributed by atoms with E-state index in [4.69, 9.17) is 14.6 Å². The van der Waals surface area contributed by atoms with Crippen molar-refractivity contribution in [3.05, 3.63) is 0 Å². The van der Waals surface area contributed by atoms with Crippen LogP contribution in [0.3, 0.4) is 0 Å². The summed E-state index contributed by atoms with van der Waals surface area (Å²) < 4.78 is 9.91. The Hall–Kier alpha value is -1.67. The monoisotopic (exact) mass is 316 g/mol. The van der Waals surface area contributed by atoms with Gasteiger partial charge in [0.25, 0.3) is 0 Å². The number of likely N-dealkylation sites (tertiary alicyclic amines) is 1. The topological polar surface area (TPSA) is 96.4 Å². The van der Waals surface area contributed by atoms with E-state index in [1.165, 1.54) is 16.8 Å². The summed E-state index contributed by atoms with van der Waals surface area (Å²) in [7, 11) is 3.07. The molecule has 2 amide bonds. The van der Waals surface area contributed by atoms with Crippen LogP contribution in [0.2, 0.25) is 0 Å². The highest BCUT2D eigenvalue weighted by molar-refractivity contribution is 5.85. The maximum Gasteiger partial charge on any atom is 0.308 e. The molecule has 1 atom stereocenters. The van der Waals surface area contributed by atoms with E-state index in [9.17, 15) is 14.4 Å². The molecule has 0 spiro atoms. The second kappa shape index (κ2) is 9.37. The third kappa shape index (κ3) is 5.98. The maximum atomic E-state index is 12.1. The molecule has 1 heterocycles. The minimum atomic E-state index is -0.881. The zero-order chi connectivity index (χ0) is 16.5. The number of carboxylic acids is 1. The fourth-order valence-corrected chi connectivity index (χ4v) is 2.21. The summed E-state index contributed by atoms with van der Waals surface area (Å²) in [6.07, 6.45) is 1.25. The van der Waals surface area contributed by atoms with Crippen LogP contribution in [0.1, 0.15) is 12.8 Å². The van der Waals surface area contributed by atoms with E-state index in [2.05, 4.69) is 0 Å². The summed E-state index contributed by atoms with van der Waals surface area (Å²) in [6, 6.07) is 0. The third-order valence-electron chi connectivity index (χ3n) is 3.58. The lowest BCUT2D eigenvalue weighted by Gasteiger charge is -2.32. The zero-order valence-electron chi connectivity index (χ0n) is 13.1. The summed E-state index contributed by atoms with van der Waals surface area (Å²) in [5, 5.41) is 9.02. The average Bonchev–Trinajstić information content (AvgIpc) is 2.51. The number of carbonyl (C=O) groups excluding carboxylic acids is 2. The number of methoxy groups -OCH3 is 1. The van der Waals surface area contributed by atoms with E-state index in [1.807, 2.05) is 0 Å². The number of hydrogen-bond donors (Lipinski definition) is 1. The Morgan fingerprint density at radius 1 is 1.32 bits per heavy atom. The number of rotatable bonds is 8. The Morgan fingerprint density at radius 2 is 2.05 bits per heavy atom. The minimum absolute atomic E-state index is 0.0706. The molecule has 8 nitrogen and oxygen atoms in total. The molecule has 126 valence electrons. The standard InChI is InChI=1S/C14H24N2O6/c1-15(13(18)10-22-7-6-21-2)9-12(17)16-5-3-4-11(8-16)14(19)20/h11H,3-10H2,1-2H3,(H,19,20). The third-order valence-corrected chi connectivity index (χ3v) is 3.58. The molecule has 0 aromatic rings. The Kier molecular flexibility index (Phi) is 7.83. The first-order chi connectivity index (χ1) is 10.5. The molecular weight excluding hydrogens is 292 g/mol. The van der Waals surface area contributed by atoms with Crippen LogP contribution < -0.4 is 0 Å². The zero-order valence-corrected chi connectivity index (χ0v) is 13.1. The summed E-state index contributed by atoms with van der Waals surface area (Å²) in [5.74, 6) is -1.93. The number of hydrogen-bond acceptors (Lipinski definition) is 5. The molecule has 0 saturated carbocycles. The lowest BCUT2D eigenvalue weighted by atomic mass is 9.98. The van der Waals surface area contributed by atoms with Crippen LogP contribution in [0.4, 0.5) is 0 Å². The Balaban J connectivity index is 2.36. The van der Waals surface area contributed by atoms with Gasteiger partial charge in [-0.1, -0.05) is 0 Å². The van der Waals surface area contributed by atoms with Gasteiger partial charge in [0.2, 0.25) is 11.8 Å². The normalized spacial score (nSPS) is 18.1. The predicted octanol–water partition coefficient (Wildman–Crippen LogP) is -0.569. The van der Waals surface area contributed by atoms with E-state index in [1.54, 1.807) is 7.11 Å². The Morgan fingerprint density at radius 3 is 2.68 bits per heavy atom. The highest BCUT2D eigenvalue weighted by atomic mass is 16.5. The van der Waals surface area contributed by atoms with Gasteiger partial charge in [-0.25, -0.2) is 0 Å². The van der Waals surface area contributed by atoms with Crippen LogP contribution in [0.15, 0.2) is 0 Å². The van der Waals surface area contributed by atoms with E-state index < -0.39 is 11.9 Å². The van der Waals surface area contributed by atoms with Gasteiger partial charge in [-0.15, -0.1) is 0 Å². The van der Waals surface area contributed by atoms with Gasteiger partial charge in [-0.05, 0) is 12.8 Å². The van der Waals surface area contributed by atoms with Gasteiger partial charge in [0, 0.05) is 27.2 Å². The van der Waals surface area contributed by atoms with Crippen LogP contribution in [-0.2, 0) is 23.9 Å². The van der Waals surface area contributed by atoms with Gasteiger partial charge in [-0.2, -0.15) is 0 Å². The molecule has 1 unspecified atom stereocenters. The van der Waals surface area contributed by atoms with Crippen LogP contribution in [0, 0.1) is 5.92 Å². The summed E-state index contributed by atoms with van der Waals surface area (Å²) in [6.45, 7) is 1.29. The van der Waals surface area contributed by atoms with E-state index >= 15 is 0 Å². The molecule has 1 aliphatic rings. The van der Waals surface area contributed by atoms with Crippen molar-refractivity contribution >= 4 is 17.8 Å². The van der Waals surface area contributed by atoms with Gasteiger partial charge >= 0.3 is 5.97 Å². The van der Waals surface area contributed by atoms with Crippen LogP contribution >= 0.6 is 0 Å². The van der Waals surface area contributed by atoms with Crippen molar-refractivity contribution in [3.63, 3.8) is 0 Å². The first kappa shape index (κ1) is 18.4. The number of aliphatic carboxylic acids is 1. The SMILES string of the molecule is COCCOCC(=O)N(C)CC(=O)N1CCCC(C(=O)O)C1. The molecule has 22 heavy (non-hydrogen) atoms. The molecule has 0 bridgehead atoms. The quantitative estimate of drug-likeness (QED) is 0.603. The number of likely N-dealkylation sites (N-methyl/N-ethyl adjacent to an activating group) is 1. The predicted molar refractivity (Wildman–Crippen MR) is 77.3 cm³/mol. The van der Waals surface area contributed by atoms with E-state index in [-0.39, 0.29) is 31.5 Å². The first-order valence-corrected chi connectivity index (χ1v) is 7.27. The summed E-state index contributed by atoms with van der Waals surface area (Å²) >= 11 is 0. The maximum absolute atomic E-state index is 12.1. The van der Waals surface area contributed by atoms with Gasteiger partial charge in [-0.3, -0.25) is 14.4 Å². The van der Waals surface area contributed by atoms with Gasteiger partial charge in [0.05, 0.1) is 25.7 Å². The van der Waals surface area contributed by atoms with Crippen molar-refractivity contribution in [2.75, 3.05) is 53.6 Å². The van der Waals surface area contributed by atoms with Gasteiger partial charge in [0.1, 0.15) is 6.61 Å². The summed E-state index contributed by atoms with van der Waals surface area (Å²) in [5.41, 5.74) is 0. The van der Waals surface area contributed by atoms with Crippen LogP contribution in [0.25, 0.3) is 0 Å². The number of amides is 2. The van der Waals surface area contributed by atoms with E-state index in [0.29, 0.717) is 32.6 Å². The Bertz CT molecular complexity index is 401. The van der Waals surface area contributed by atoms with Crippen LogP contribution in [-0.4, -0.2) is 86.3 Å². The van der Waals surface area contributed by atoms with Crippen molar-refractivity contribution in [2.45, 2.75) is 12.8 Å². The molecule has 1 rings (SSSR count). The van der Waals surface area contributed by atoms with E-state index in [0.717, 1.165) is 0 Å². The van der Waals surface area contributed by atoms with Gasteiger partial charge < -0.3 is 24.4 Å². The van der Waals surface area contributed by atoms with Crippen molar-refractivity contribution in [1.82, 2.24) is 9.80 Å². The number of nitrogens with zero attached hydrogens (tertiary/aromatic N) is 2. The van der Waals surface area contributed by atoms with Crippen molar-refractivity contribution < 1.29 is 29.0 Å². The number of carboxylic acid groups (broad SMARTS) is 1. The minimum Gasteiger partial charge on any atom is -0.481 e. The van der Waals surface area contributed by atoms with Crippen molar-refractivity contribution in [1.29, 1.82) is 0 Å². The lowest BCUT2D eigenvalue weighted by Crippen LogP contribution is -2.47. The van der Waals surface area contributed by atoms with Crippen molar-refractivity contribution in [3.8, 4) is 0 Å². The molecule has 1 aliphatic heterocycles.